The molecule has 8 heteroatoms. The number of alkyl halides is 1. The van der Waals surface area contributed by atoms with Crippen LogP contribution in [0.4, 0.5) is 0 Å². The molecule has 0 spiro atoms. The second-order valence-corrected chi connectivity index (χ2v) is 9.28. The Bertz CT molecular complexity index is 1180. The van der Waals surface area contributed by atoms with E-state index in [1.165, 1.54) is 0 Å². The highest BCUT2D eigenvalue weighted by Crippen LogP contribution is 2.37. The van der Waals surface area contributed by atoms with Crippen LogP contribution in [0.1, 0.15) is 30.9 Å². The quantitative estimate of drug-likeness (QED) is 0.430. The molecule has 1 aliphatic carbocycles. The van der Waals surface area contributed by atoms with Crippen LogP contribution >= 0.6 is 11.6 Å². The number of hydrogen-bond acceptors (Lipinski definition) is 7. The molecule has 1 N–H and O–H groups in total. The summed E-state index contributed by atoms with van der Waals surface area (Å²) in [5.41, 5.74) is 1.09. The topological polar surface area (TPSA) is 92.9 Å². The first-order valence-corrected chi connectivity index (χ1v) is 11.4. The Morgan fingerprint density at radius 2 is 2.09 bits per heavy atom. The lowest BCUT2D eigenvalue weighted by atomic mass is 9.83. The van der Waals surface area contributed by atoms with Crippen molar-refractivity contribution in [3.8, 4) is 5.75 Å². The van der Waals surface area contributed by atoms with Gasteiger partial charge in [-0.1, -0.05) is 11.2 Å². The zero-order chi connectivity index (χ0) is 22.3. The molecule has 2 aromatic carbocycles. The number of halogens is 1. The monoisotopic (exact) mass is 456 g/mol. The molecule has 1 aliphatic heterocycles. The Morgan fingerprint density at radius 3 is 2.84 bits per heavy atom. The van der Waals surface area contributed by atoms with Crippen molar-refractivity contribution in [2.75, 3.05) is 38.7 Å². The maximum Gasteiger partial charge on any atom is 0.167 e. The number of ether oxygens (including phenoxy) is 1. The van der Waals surface area contributed by atoms with Gasteiger partial charge in [-0.2, -0.15) is 0 Å². The van der Waals surface area contributed by atoms with Gasteiger partial charge in [-0.3, -0.25) is 14.5 Å². The molecule has 1 aromatic heterocycles. The minimum absolute atomic E-state index is 0.00589. The first-order chi connectivity index (χ1) is 15.5. The van der Waals surface area contributed by atoms with E-state index in [0.717, 1.165) is 41.5 Å². The summed E-state index contributed by atoms with van der Waals surface area (Å²) in [6.45, 7) is 3.00. The van der Waals surface area contributed by atoms with E-state index in [9.17, 15) is 14.7 Å². The number of nitrogens with zero attached hydrogens (tertiary/aromatic N) is 2. The van der Waals surface area contributed by atoms with E-state index in [4.69, 9.17) is 20.9 Å². The van der Waals surface area contributed by atoms with Gasteiger partial charge >= 0.3 is 0 Å². The van der Waals surface area contributed by atoms with Gasteiger partial charge in [0.15, 0.2) is 5.58 Å². The average Bonchev–Trinajstić information content (AvgIpc) is 3.20. The molecule has 1 unspecified atom stereocenters. The van der Waals surface area contributed by atoms with Crippen LogP contribution in [0.5, 0.6) is 5.75 Å². The molecule has 32 heavy (non-hydrogen) atoms. The molecular formula is C24H25ClN2O5. The van der Waals surface area contributed by atoms with Crippen LogP contribution in [-0.2, 0) is 9.59 Å². The lowest BCUT2D eigenvalue weighted by molar-refractivity contribution is -0.130. The maximum absolute atomic E-state index is 12.5. The number of benzene rings is 2. The van der Waals surface area contributed by atoms with E-state index in [1.54, 1.807) is 0 Å². The van der Waals surface area contributed by atoms with E-state index >= 15 is 0 Å². The van der Waals surface area contributed by atoms with Crippen molar-refractivity contribution in [3.63, 3.8) is 0 Å². The number of aliphatic hydroxyl groups is 1. The predicted octanol–water partition coefficient (Wildman–Crippen LogP) is 3.30. The highest BCUT2D eigenvalue weighted by Gasteiger charge is 2.41. The van der Waals surface area contributed by atoms with Gasteiger partial charge in [0.05, 0.1) is 24.3 Å². The van der Waals surface area contributed by atoms with E-state index in [2.05, 4.69) is 10.1 Å². The Labute approximate surface area is 190 Å². The fourth-order valence-corrected chi connectivity index (χ4v) is 5.09. The molecule has 2 aliphatic rings. The highest BCUT2D eigenvalue weighted by molar-refractivity contribution is 6.18. The summed E-state index contributed by atoms with van der Waals surface area (Å²) in [6, 6.07) is 9.68. The van der Waals surface area contributed by atoms with E-state index in [-0.39, 0.29) is 30.0 Å². The second-order valence-electron chi connectivity index (χ2n) is 9.01. The van der Waals surface area contributed by atoms with E-state index in [1.807, 2.05) is 30.3 Å². The predicted molar refractivity (Wildman–Crippen MR) is 120 cm³/mol. The number of rotatable bonds is 7. The molecule has 3 aromatic rings. The van der Waals surface area contributed by atoms with Gasteiger partial charge in [0.2, 0.25) is 0 Å². The molecule has 0 bridgehead atoms. The van der Waals surface area contributed by atoms with Gasteiger partial charge in [0, 0.05) is 37.4 Å². The summed E-state index contributed by atoms with van der Waals surface area (Å²) in [6.07, 6.45) is 0.854. The molecule has 2 fully saturated rings. The number of fused-ring (bicyclic) bond motifs is 3. The first-order valence-electron chi connectivity index (χ1n) is 10.9. The fourth-order valence-electron chi connectivity index (χ4n) is 4.84. The molecule has 2 heterocycles. The number of carbonyl (C=O) groups is 2. The number of likely N-dealkylation sites (tertiary alicyclic amines) is 1. The summed E-state index contributed by atoms with van der Waals surface area (Å²) in [7, 11) is 0. The second kappa shape index (κ2) is 8.46. The minimum atomic E-state index is -0.397. The number of Topliss-reactive ketones (excluding diaryl/α,β-unsaturated/α-hetero) is 2. The van der Waals surface area contributed by atoms with Crippen LogP contribution in [0.2, 0.25) is 0 Å². The van der Waals surface area contributed by atoms with E-state index in [0.29, 0.717) is 36.6 Å². The third-order valence-electron chi connectivity index (χ3n) is 6.67. The van der Waals surface area contributed by atoms with Crippen LogP contribution in [0.3, 0.4) is 0 Å². The molecule has 1 saturated heterocycles. The molecule has 7 nitrogen and oxygen atoms in total. The summed E-state index contributed by atoms with van der Waals surface area (Å²) < 4.78 is 11.5. The van der Waals surface area contributed by atoms with Gasteiger partial charge in [-0.15, -0.1) is 11.6 Å². The number of aliphatic hydroxyl groups excluding tert-OH is 1. The zero-order valence-corrected chi connectivity index (χ0v) is 18.4. The average molecular weight is 457 g/mol. The zero-order valence-electron chi connectivity index (χ0n) is 17.7. The molecule has 1 saturated carbocycles. The molecule has 1 atom stereocenters. The van der Waals surface area contributed by atoms with Crippen molar-refractivity contribution in [2.45, 2.75) is 25.2 Å². The van der Waals surface area contributed by atoms with Gasteiger partial charge in [0.1, 0.15) is 29.6 Å². The fraction of sp³-hybridized carbons (Fsp3) is 0.458. The summed E-state index contributed by atoms with van der Waals surface area (Å²) in [5, 5.41) is 16.4. The third-order valence-corrected chi connectivity index (χ3v) is 7.23. The van der Waals surface area contributed by atoms with Gasteiger partial charge < -0.3 is 14.4 Å². The molecule has 0 amide bonds. The van der Waals surface area contributed by atoms with Crippen molar-refractivity contribution >= 4 is 44.9 Å². The maximum atomic E-state index is 12.5. The Hall–Kier alpha value is -2.48. The van der Waals surface area contributed by atoms with Crippen LogP contribution in [0.15, 0.2) is 34.9 Å². The highest BCUT2D eigenvalue weighted by atomic mass is 35.5. The SMILES string of the molecule is O=C1CCC(c2noc3ccc4cc(OCCN5CC(CO)(CCl)C5)ccc4c23)C(=O)C1. The summed E-state index contributed by atoms with van der Waals surface area (Å²) in [5.74, 6) is 0.743. The normalized spacial score (nSPS) is 21.2. The smallest absolute Gasteiger partial charge is 0.167 e. The Kier molecular flexibility index (Phi) is 5.65. The van der Waals surface area contributed by atoms with Crippen molar-refractivity contribution in [1.82, 2.24) is 10.1 Å². The first kappa shape index (κ1) is 21.4. The summed E-state index contributed by atoms with van der Waals surface area (Å²) in [4.78, 5) is 26.3. The standard InChI is InChI=1S/C24H25ClN2O5/c25-11-24(14-28)12-27(13-24)7-8-31-17-3-5-18-15(9-17)1-6-21-22(18)23(26-32-21)19-4-2-16(29)10-20(19)30/h1,3,5-6,9,19,28H,2,4,7-8,10-14H2. The van der Waals surface area contributed by atoms with Crippen molar-refractivity contribution in [2.24, 2.45) is 5.41 Å². The van der Waals surface area contributed by atoms with E-state index < -0.39 is 5.92 Å². The van der Waals surface area contributed by atoms with Gasteiger partial charge in [-0.05, 0) is 41.5 Å². The Balaban J connectivity index is 1.32. The minimum Gasteiger partial charge on any atom is -0.492 e. The van der Waals surface area contributed by atoms with Gasteiger partial charge in [-0.25, -0.2) is 0 Å². The van der Waals surface area contributed by atoms with Crippen LogP contribution in [0.25, 0.3) is 21.7 Å². The van der Waals surface area contributed by atoms with Crippen LogP contribution in [0, 0.1) is 5.41 Å². The lowest BCUT2D eigenvalue weighted by Gasteiger charge is -2.48. The molecule has 5 rings (SSSR count). The van der Waals surface area contributed by atoms with Crippen LogP contribution < -0.4 is 4.74 Å². The molecular weight excluding hydrogens is 432 g/mol. The van der Waals surface area contributed by atoms with Crippen molar-refractivity contribution < 1.29 is 24.0 Å². The largest absolute Gasteiger partial charge is 0.492 e. The Morgan fingerprint density at radius 1 is 1.25 bits per heavy atom. The molecule has 0 radical (unpaired) electrons. The van der Waals surface area contributed by atoms with Gasteiger partial charge in [0.25, 0.3) is 0 Å². The number of carbonyl (C=O) groups excluding carboxylic acids is 2. The lowest BCUT2D eigenvalue weighted by Crippen LogP contribution is -2.60. The third kappa shape index (κ3) is 3.78. The summed E-state index contributed by atoms with van der Waals surface area (Å²) >= 11 is 5.96. The number of ketones is 2. The van der Waals surface area contributed by atoms with Crippen molar-refractivity contribution in [3.05, 3.63) is 36.0 Å². The number of hydrogen-bond donors (Lipinski definition) is 1. The van der Waals surface area contributed by atoms with Crippen molar-refractivity contribution in [1.29, 1.82) is 0 Å². The van der Waals surface area contributed by atoms with Crippen LogP contribution in [-0.4, -0.2) is 65.5 Å². The number of aromatic nitrogens is 1. The molecule has 168 valence electrons.